The maximum absolute atomic E-state index is 12.9. The molecule has 1 aliphatic rings. The molecule has 2 heterocycles. The fourth-order valence-corrected chi connectivity index (χ4v) is 6.02. The van der Waals surface area contributed by atoms with Crippen molar-refractivity contribution in [2.45, 2.75) is 25.2 Å². The van der Waals surface area contributed by atoms with E-state index in [0.29, 0.717) is 23.7 Å². The number of amides is 1. The van der Waals surface area contributed by atoms with E-state index in [4.69, 9.17) is 10.00 Å². The smallest absolute Gasteiger partial charge is 0.338 e. The summed E-state index contributed by atoms with van der Waals surface area (Å²) in [5.74, 6) is -0.736. The maximum Gasteiger partial charge on any atom is 0.338 e. The van der Waals surface area contributed by atoms with E-state index >= 15 is 0 Å². The van der Waals surface area contributed by atoms with Gasteiger partial charge in [-0.2, -0.15) is 9.57 Å². The highest BCUT2D eigenvalue weighted by Crippen LogP contribution is 2.27. The lowest BCUT2D eigenvalue weighted by molar-refractivity contribution is -0.119. The van der Waals surface area contributed by atoms with Gasteiger partial charge in [0.25, 0.3) is 5.91 Å². The van der Waals surface area contributed by atoms with Crippen molar-refractivity contribution in [2.24, 2.45) is 11.8 Å². The van der Waals surface area contributed by atoms with E-state index in [1.165, 1.54) is 39.9 Å². The van der Waals surface area contributed by atoms with Crippen LogP contribution in [0.15, 0.2) is 40.6 Å². The van der Waals surface area contributed by atoms with Gasteiger partial charge in [0.2, 0.25) is 10.0 Å². The van der Waals surface area contributed by atoms with Gasteiger partial charge in [0.05, 0.1) is 16.0 Å². The van der Waals surface area contributed by atoms with Gasteiger partial charge >= 0.3 is 5.97 Å². The maximum atomic E-state index is 12.9. The van der Waals surface area contributed by atoms with Crippen LogP contribution in [0.1, 0.15) is 36.2 Å². The number of thiophene rings is 1. The zero-order valence-corrected chi connectivity index (χ0v) is 18.8. The van der Waals surface area contributed by atoms with Gasteiger partial charge < -0.3 is 10.1 Å². The Kier molecular flexibility index (Phi) is 7.10. The highest BCUT2D eigenvalue weighted by molar-refractivity contribution is 7.89. The summed E-state index contributed by atoms with van der Waals surface area (Å²) in [6.07, 6.45) is 0.995. The first-order valence-corrected chi connectivity index (χ1v) is 12.1. The van der Waals surface area contributed by atoms with Crippen molar-refractivity contribution in [3.63, 3.8) is 0 Å². The van der Waals surface area contributed by atoms with Gasteiger partial charge in [-0.25, -0.2) is 13.2 Å². The molecule has 1 aromatic carbocycles. The number of hydrogen-bond acceptors (Lipinski definition) is 7. The highest BCUT2D eigenvalue weighted by atomic mass is 32.2. The molecule has 3 rings (SSSR count). The number of ether oxygens (including phenoxy) is 1. The van der Waals surface area contributed by atoms with E-state index in [1.54, 1.807) is 11.4 Å². The number of rotatable bonds is 6. The van der Waals surface area contributed by atoms with Gasteiger partial charge in [-0.1, -0.05) is 13.8 Å². The molecular formula is C21H23N3O5S2. The summed E-state index contributed by atoms with van der Waals surface area (Å²) in [6.45, 7) is 4.50. The number of anilines is 1. The number of hydrogen-bond donors (Lipinski definition) is 1. The molecule has 1 aromatic heterocycles. The predicted octanol–water partition coefficient (Wildman–Crippen LogP) is 3.08. The Bertz CT molecular complexity index is 1090. The second kappa shape index (κ2) is 9.60. The molecule has 1 N–H and O–H groups in total. The van der Waals surface area contributed by atoms with Gasteiger partial charge in [0, 0.05) is 13.1 Å². The average Bonchev–Trinajstić information content (AvgIpc) is 3.18. The molecule has 2 unspecified atom stereocenters. The summed E-state index contributed by atoms with van der Waals surface area (Å²) in [6, 6.07) is 9.02. The van der Waals surface area contributed by atoms with Crippen molar-refractivity contribution in [2.75, 3.05) is 25.0 Å². The summed E-state index contributed by atoms with van der Waals surface area (Å²) >= 11 is 1.19. The Labute approximate surface area is 185 Å². The molecule has 0 saturated carbocycles. The highest BCUT2D eigenvalue weighted by Gasteiger charge is 2.31. The van der Waals surface area contributed by atoms with Crippen molar-refractivity contribution < 1.29 is 22.7 Å². The fourth-order valence-electron chi connectivity index (χ4n) is 3.59. The van der Waals surface area contributed by atoms with Crippen LogP contribution >= 0.6 is 11.3 Å². The van der Waals surface area contributed by atoms with Crippen LogP contribution in [0.4, 0.5) is 5.00 Å². The summed E-state index contributed by atoms with van der Waals surface area (Å²) in [5, 5.41) is 13.5. The van der Waals surface area contributed by atoms with E-state index in [0.717, 1.165) is 6.42 Å². The monoisotopic (exact) mass is 461 g/mol. The number of benzene rings is 1. The number of nitriles is 1. The summed E-state index contributed by atoms with van der Waals surface area (Å²) in [4.78, 5) is 24.3. The minimum absolute atomic E-state index is 0.116. The Morgan fingerprint density at radius 1 is 1.19 bits per heavy atom. The van der Waals surface area contributed by atoms with Gasteiger partial charge in [-0.15, -0.1) is 11.3 Å². The zero-order valence-electron chi connectivity index (χ0n) is 17.2. The summed E-state index contributed by atoms with van der Waals surface area (Å²) < 4.78 is 32.3. The van der Waals surface area contributed by atoms with Gasteiger partial charge in [0.1, 0.15) is 11.1 Å². The van der Waals surface area contributed by atoms with Crippen LogP contribution in [0.2, 0.25) is 0 Å². The molecule has 0 radical (unpaired) electrons. The minimum atomic E-state index is -3.64. The van der Waals surface area contributed by atoms with Crippen LogP contribution in [-0.4, -0.2) is 44.3 Å². The molecule has 2 atom stereocenters. The lowest BCUT2D eigenvalue weighted by Crippen LogP contribution is -2.42. The molecule has 1 amide bonds. The molecular weight excluding hydrogens is 438 g/mol. The molecule has 0 aliphatic carbocycles. The topological polar surface area (TPSA) is 117 Å². The second-order valence-electron chi connectivity index (χ2n) is 7.69. The first kappa shape index (κ1) is 22.9. The fraction of sp³-hybridized carbons (Fsp3) is 0.381. The van der Waals surface area contributed by atoms with Crippen molar-refractivity contribution >= 4 is 38.2 Å². The lowest BCUT2D eigenvalue weighted by Gasteiger charge is -2.34. The van der Waals surface area contributed by atoms with Crippen LogP contribution in [-0.2, 0) is 19.6 Å². The summed E-state index contributed by atoms with van der Waals surface area (Å²) in [7, 11) is -3.64. The molecule has 0 spiro atoms. The van der Waals surface area contributed by atoms with Crippen molar-refractivity contribution in [1.29, 1.82) is 5.26 Å². The van der Waals surface area contributed by atoms with E-state index < -0.39 is 28.5 Å². The van der Waals surface area contributed by atoms with Crippen molar-refractivity contribution in [3.05, 3.63) is 46.8 Å². The Hall–Kier alpha value is -2.74. The molecule has 8 nitrogen and oxygen atoms in total. The lowest BCUT2D eigenvalue weighted by atomic mass is 9.94. The molecule has 1 saturated heterocycles. The molecule has 164 valence electrons. The second-order valence-corrected chi connectivity index (χ2v) is 10.5. The van der Waals surface area contributed by atoms with Crippen molar-refractivity contribution in [3.8, 4) is 6.07 Å². The third-order valence-corrected chi connectivity index (χ3v) is 7.61. The minimum Gasteiger partial charge on any atom is -0.452 e. The number of piperidine rings is 1. The van der Waals surface area contributed by atoms with E-state index in [1.807, 2.05) is 19.9 Å². The molecule has 0 bridgehead atoms. The first-order valence-electron chi connectivity index (χ1n) is 9.75. The quantitative estimate of drug-likeness (QED) is 0.661. The largest absolute Gasteiger partial charge is 0.452 e. The third-order valence-electron chi connectivity index (χ3n) is 4.94. The van der Waals surface area contributed by atoms with Crippen LogP contribution in [0.5, 0.6) is 0 Å². The number of carbonyl (C=O) groups excluding carboxylic acids is 2. The molecule has 31 heavy (non-hydrogen) atoms. The normalized spacial score (nSPS) is 19.4. The first-order chi connectivity index (χ1) is 14.7. The zero-order chi connectivity index (χ0) is 22.6. The van der Waals surface area contributed by atoms with Crippen molar-refractivity contribution in [1.82, 2.24) is 4.31 Å². The van der Waals surface area contributed by atoms with Crippen LogP contribution < -0.4 is 5.32 Å². The number of carbonyl (C=O) groups is 2. The van der Waals surface area contributed by atoms with E-state index in [2.05, 4.69) is 5.32 Å². The Balaban J connectivity index is 1.60. The van der Waals surface area contributed by atoms with Crippen LogP contribution in [0.25, 0.3) is 0 Å². The predicted molar refractivity (Wildman–Crippen MR) is 116 cm³/mol. The third kappa shape index (κ3) is 5.50. The molecule has 10 heteroatoms. The number of nitrogens with one attached hydrogen (secondary N) is 1. The van der Waals surface area contributed by atoms with Crippen LogP contribution in [0, 0.1) is 23.2 Å². The summed E-state index contributed by atoms with van der Waals surface area (Å²) in [5.41, 5.74) is 0.472. The standard InChI is InChI=1S/C21H23N3O5S2/c1-14-9-15(2)12-24(11-14)31(27,28)18-5-3-16(4-6-18)21(26)29-13-19(25)23-20-17(10-22)7-8-30-20/h3-8,14-15H,9,11-13H2,1-2H3,(H,23,25). The van der Waals surface area contributed by atoms with E-state index in [-0.39, 0.29) is 22.3 Å². The average molecular weight is 462 g/mol. The van der Waals surface area contributed by atoms with Crippen LogP contribution in [0.3, 0.4) is 0 Å². The SMILES string of the molecule is CC1CC(C)CN(S(=O)(=O)c2ccc(C(=O)OCC(=O)Nc3sccc3C#N)cc2)C1. The Morgan fingerprint density at radius 3 is 2.45 bits per heavy atom. The number of sulfonamides is 1. The molecule has 1 aliphatic heterocycles. The molecule has 2 aromatic rings. The Morgan fingerprint density at radius 2 is 1.84 bits per heavy atom. The van der Waals surface area contributed by atoms with E-state index in [9.17, 15) is 18.0 Å². The van der Waals surface area contributed by atoms with Gasteiger partial charge in [-0.3, -0.25) is 4.79 Å². The number of nitrogens with zero attached hydrogens (tertiary/aromatic N) is 2. The van der Waals surface area contributed by atoms with Gasteiger partial charge in [-0.05, 0) is 54.0 Å². The van der Waals surface area contributed by atoms with Gasteiger partial charge in [0.15, 0.2) is 6.61 Å². The number of esters is 1. The molecule has 1 fully saturated rings.